The predicted octanol–water partition coefficient (Wildman–Crippen LogP) is 3.24. The highest BCUT2D eigenvalue weighted by atomic mass is 16.6. The maximum Gasteiger partial charge on any atom is 0.271 e. The van der Waals surface area contributed by atoms with E-state index < -0.39 is 10.8 Å². The first-order valence-corrected chi connectivity index (χ1v) is 7.23. The highest BCUT2D eigenvalue weighted by Crippen LogP contribution is 2.28. The molecule has 0 unspecified atom stereocenters. The lowest BCUT2D eigenvalue weighted by Gasteiger charge is -2.12. The molecule has 0 spiro atoms. The molecule has 0 aliphatic heterocycles. The summed E-state index contributed by atoms with van der Waals surface area (Å²) in [7, 11) is 1.52. The standard InChI is InChI=1S/C17H18N2O5/c1-11-4-7-15(16(8-11)23-3)24-10-17(20)18-14-9-13(19(21)22)6-5-12(14)2/h4-9H,10H2,1-3H3,(H,18,20). The zero-order valence-corrected chi connectivity index (χ0v) is 13.7. The molecule has 0 fully saturated rings. The zero-order valence-electron chi connectivity index (χ0n) is 13.7. The van der Waals surface area contributed by atoms with E-state index in [-0.39, 0.29) is 12.3 Å². The van der Waals surface area contributed by atoms with Crippen LogP contribution in [-0.4, -0.2) is 24.5 Å². The quantitative estimate of drug-likeness (QED) is 0.648. The smallest absolute Gasteiger partial charge is 0.271 e. The fourth-order valence-corrected chi connectivity index (χ4v) is 2.08. The molecule has 0 radical (unpaired) electrons. The van der Waals surface area contributed by atoms with Crippen molar-refractivity contribution in [2.75, 3.05) is 19.0 Å². The second-order valence-corrected chi connectivity index (χ2v) is 5.25. The van der Waals surface area contributed by atoms with Gasteiger partial charge in [-0.25, -0.2) is 0 Å². The van der Waals surface area contributed by atoms with Crippen molar-refractivity contribution in [1.82, 2.24) is 0 Å². The summed E-state index contributed by atoms with van der Waals surface area (Å²) in [4.78, 5) is 22.3. The van der Waals surface area contributed by atoms with Crippen LogP contribution in [0.15, 0.2) is 36.4 Å². The number of nitrogens with one attached hydrogen (secondary N) is 1. The van der Waals surface area contributed by atoms with Crippen LogP contribution in [-0.2, 0) is 4.79 Å². The third-order valence-electron chi connectivity index (χ3n) is 3.38. The molecule has 2 aromatic carbocycles. The molecule has 7 heteroatoms. The van der Waals surface area contributed by atoms with E-state index in [1.165, 1.54) is 19.2 Å². The van der Waals surface area contributed by atoms with Gasteiger partial charge in [0.2, 0.25) is 0 Å². The first kappa shape index (κ1) is 17.3. The van der Waals surface area contributed by atoms with Gasteiger partial charge in [0.05, 0.1) is 17.7 Å². The Morgan fingerprint density at radius 1 is 1.17 bits per heavy atom. The van der Waals surface area contributed by atoms with E-state index in [1.807, 2.05) is 13.0 Å². The Morgan fingerprint density at radius 2 is 1.92 bits per heavy atom. The second kappa shape index (κ2) is 7.45. The van der Waals surface area contributed by atoms with Crippen LogP contribution in [0.2, 0.25) is 0 Å². The first-order valence-electron chi connectivity index (χ1n) is 7.23. The van der Waals surface area contributed by atoms with E-state index in [0.717, 1.165) is 11.1 Å². The summed E-state index contributed by atoms with van der Waals surface area (Å²) in [5, 5.41) is 13.4. The Kier molecular flexibility index (Phi) is 5.36. The number of carbonyl (C=O) groups is 1. The van der Waals surface area contributed by atoms with Crippen molar-refractivity contribution in [1.29, 1.82) is 0 Å². The van der Waals surface area contributed by atoms with Crippen LogP contribution >= 0.6 is 0 Å². The number of ether oxygens (including phenoxy) is 2. The molecule has 0 atom stereocenters. The largest absolute Gasteiger partial charge is 0.493 e. The van der Waals surface area contributed by atoms with Gasteiger partial charge in [0.15, 0.2) is 18.1 Å². The van der Waals surface area contributed by atoms with E-state index in [2.05, 4.69) is 5.32 Å². The van der Waals surface area contributed by atoms with Crippen molar-refractivity contribution in [3.05, 3.63) is 57.6 Å². The Labute approximate surface area is 139 Å². The maximum atomic E-state index is 12.0. The molecule has 0 saturated heterocycles. The van der Waals surface area contributed by atoms with Crippen molar-refractivity contribution in [2.24, 2.45) is 0 Å². The molecule has 2 aromatic rings. The van der Waals surface area contributed by atoms with Gasteiger partial charge >= 0.3 is 0 Å². The second-order valence-electron chi connectivity index (χ2n) is 5.25. The number of nitrogens with zero attached hydrogens (tertiary/aromatic N) is 1. The number of benzene rings is 2. The van der Waals surface area contributed by atoms with Gasteiger partial charge in [0, 0.05) is 12.1 Å². The van der Waals surface area contributed by atoms with Crippen molar-refractivity contribution in [3.8, 4) is 11.5 Å². The van der Waals surface area contributed by atoms with Gasteiger partial charge in [0.1, 0.15) is 0 Å². The molecular formula is C17H18N2O5. The zero-order chi connectivity index (χ0) is 17.7. The molecule has 1 amide bonds. The van der Waals surface area contributed by atoms with Crippen LogP contribution in [0.5, 0.6) is 11.5 Å². The minimum absolute atomic E-state index is 0.0861. The van der Waals surface area contributed by atoms with E-state index in [4.69, 9.17) is 9.47 Å². The Hall–Kier alpha value is -3.09. The van der Waals surface area contributed by atoms with Crippen LogP contribution in [0.3, 0.4) is 0 Å². The van der Waals surface area contributed by atoms with Crippen molar-refractivity contribution >= 4 is 17.3 Å². The Balaban J connectivity index is 2.04. The molecule has 0 heterocycles. The minimum atomic E-state index is -0.511. The summed E-state index contributed by atoms with van der Waals surface area (Å²) < 4.78 is 10.7. The molecule has 7 nitrogen and oxygen atoms in total. The summed E-state index contributed by atoms with van der Waals surface area (Å²) in [5.74, 6) is 0.574. The molecule has 2 rings (SSSR count). The molecule has 0 bridgehead atoms. The lowest BCUT2D eigenvalue weighted by Crippen LogP contribution is -2.21. The van der Waals surface area contributed by atoms with Crippen molar-refractivity contribution in [2.45, 2.75) is 13.8 Å². The Bertz CT molecular complexity index is 774. The number of nitro groups is 1. The molecule has 1 N–H and O–H groups in total. The summed E-state index contributed by atoms with van der Waals surface area (Å²) in [5.41, 5.74) is 2.03. The van der Waals surface area contributed by atoms with Gasteiger partial charge in [-0.3, -0.25) is 14.9 Å². The lowest BCUT2D eigenvalue weighted by atomic mass is 10.2. The number of carbonyl (C=O) groups excluding carboxylic acids is 1. The summed E-state index contributed by atoms with van der Waals surface area (Å²) in [6, 6.07) is 9.66. The van der Waals surface area contributed by atoms with Crippen molar-refractivity contribution < 1.29 is 19.2 Å². The number of rotatable bonds is 6. The topological polar surface area (TPSA) is 90.7 Å². The monoisotopic (exact) mass is 330 g/mol. The number of aryl methyl sites for hydroxylation is 2. The molecule has 24 heavy (non-hydrogen) atoms. The van der Waals surface area contributed by atoms with Gasteiger partial charge in [-0.15, -0.1) is 0 Å². The van der Waals surface area contributed by atoms with Crippen LogP contribution in [0.25, 0.3) is 0 Å². The number of anilines is 1. The summed E-state index contributed by atoms with van der Waals surface area (Å²) >= 11 is 0. The van der Waals surface area contributed by atoms with Crippen LogP contribution in [0.1, 0.15) is 11.1 Å². The minimum Gasteiger partial charge on any atom is -0.493 e. The van der Waals surface area contributed by atoms with Crippen LogP contribution in [0.4, 0.5) is 11.4 Å². The number of hydrogen-bond acceptors (Lipinski definition) is 5. The SMILES string of the molecule is COc1cc(C)ccc1OCC(=O)Nc1cc([N+](=O)[O-])ccc1C. The lowest BCUT2D eigenvalue weighted by molar-refractivity contribution is -0.384. The van der Waals surface area contributed by atoms with Crippen molar-refractivity contribution in [3.63, 3.8) is 0 Å². The van der Waals surface area contributed by atoms with E-state index in [0.29, 0.717) is 17.2 Å². The first-order chi connectivity index (χ1) is 11.4. The Morgan fingerprint density at radius 3 is 2.58 bits per heavy atom. The van der Waals surface area contributed by atoms with Gasteiger partial charge in [-0.05, 0) is 37.1 Å². The fraction of sp³-hybridized carbons (Fsp3) is 0.235. The van der Waals surface area contributed by atoms with Gasteiger partial charge in [-0.2, -0.15) is 0 Å². The van der Waals surface area contributed by atoms with E-state index in [9.17, 15) is 14.9 Å². The number of amides is 1. The summed E-state index contributed by atoms with van der Waals surface area (Å²) in [6.07, 6.45) is 0. The molecule has 0 aliphatic rings. The van der Waals surface area contributed by atoms with Gasteiger partial charge < -0.3 is 14.8 Å². The van der Waals surface area contributed by atoms with Crippen LogP contribution < -0.4 is 14.8 Å². The fourth-order valence-electron chi connectivity index (χ4n) is 2.08. The number of nitro benzene ring substituents is 1. The molecule has 0 saturated carbocycles. The van der Waals surface area contributed by atoms with Gasteiger partial charge in [0.25, 0.3) is 11.6 Å². The molecule has 0 aromatic heterocycles. The number of non-ortho nitro benzene ring substituents is 1. The highest BCUT2D eigenvalue weighted by molar-refractivity contribution is 5.93. The average molecular weight is 330 g/mol. The maximum absolute atomic E-state index is 12.0. The predicted molar refractivity (Wildman–Crippen MR) is 89.7 cm³/mol. The number of hydrogen-bond donors (Lipinski definition) is 1. The molecule has 126 valence electrons. The third-order valence-corrected chi connectivity index (χ3v) is 3.38. The molecule has 0 aliphatic carbocycles. The van der Waals surface area contributed by atoms with Crippen LogP contribution in [0, 0.1) is 24.0 Å². The summed E-state index contributed by atoms with van der Waals surface area (Å²) in [6.45, 7) is 3.44. The highest BCUT2D eigenvalue weighted by Gasteiger charge is 2.12. The van der Waals surface area contributed by atoms with E-state index >= 15 is 0 Å². The normalized spacial score (nSPS) is 10.1. The number of methoxy groups -OCH3 is 1. The third kappa shape index (κ3) is 4.22. The average Bonchev–Trinajstić information content (AvgIpc) is 2.55. The van der Waals surface area contributed by atoms with E-state index in [1.54, 1.807) is 25.1 Å². The molecular weight excluding hydrogens is 312 g/mol. The van der Waals surface area contributed by atoms with Gasteiger partial charge in [-0.1, -0.05) is 12.1 Å².